The largest absolute Gasteiger partial charge is 0.271 e. The standard InChI is InChI=1S/C17H17BrClN3O3S/c1-12(13-5-3-6-14(18)9-13)20-21-17(23)11-22(26(2,24)25)16-8-4-7-15(19)10-16/h3-10H,11H2,1-2H3,(H,21,23)/b20-12-. The SMILES string of the molecule is C/C(=N/NC(=O)CN(c1cccc(Cl)c1)S(C)(=O)=O)c1cccc(Br)c1. The molecule has 0 saturated carbocycles. The monoisotopic (exact) mass is 457 g/mol. The Labute approximate surface area is 166 Å². The fourth-order valence-corrected chi connectivity index (χ4v) is 3.55. The number of halogens is 2. The van der Waals surface area contributed by atoms with E-state index in [1.54, 1.807) is 25.1 Å². The zero-order valence-corrected chi connectivity index (χ0v) is 17.3. The summed E-state index contributed by atoms with van der Waals surface area (Å²) in [5, 5.41) is 4.41. The van der Waals surface area contributed by atoms with Crippen molar-refractivity contribution < 1.29 is 13.2 Å². The number of hydrogen-bond donors (Lipinski definition) is 1. The van der Waals surface area contributed by atoms with Crippen molar-refractivity contribution >= 4 is 54.9 Å². The summed E-state index contributed by atoms with van der Waals surface area (Å²) in [4.78, 5) is 12.2. The third-order valence-corrected chi connectivity index (χ3v) is 5.24. The first-order chi connectivity index (χ1) is 12.2. The van der Waals surface area contributed by atoms with E-state index in [9.17, 15) is 13.2 Å². The van der Waals surface area contributed by atoms with Gasteiger partial charge < -0.3 is 0 Å². The normalized spacial score (nSPS) is 11.9. The number of sulfonamides is 1. The van der Waals surface area contributed by atoms with E-state index in [0.717, 1.165) is 20.6 Å². The summed E-state index contributed by atoms with van der Waals surface area (Å²) < 4.78 is 25.9. The van der Waals surface area contributed by atoms with Crippen LogP contribution in [0.5, 0.6) is 0 Å². The van der Waals surface area contributed by atoms with E-state index in [4.69, 9.17) is 11.6 Å². The number of nitrogens with one attached hydrogen (secondary N) is 1. The van der Waals surface area contributed by atoms with Gasteiger partial charge in [-0.05, 0) is 42.8 Å². The Morgan fingerprint density at radius 1 is 1.23 bits per heavy atom. The highest BCUT2D eigenvalue weighted by Crippen LogP contribution is 2.21. The molecule has 0 radical (unpaired) electrons. The molecule has 0 saturated heterocycles. The Hall–Kier alpha value is -1.90. The Bertz CT molecular complexity index is 948. The summed E-state index contributed by atoms with van der Waals surface area (Å²) >= 11 is 9.28. The Morgan fingerprint density at radius 3 is 2.54 bits per heavy atom. The molecule has 2 aromatic carbocycles. The van der Waals surface area contributed by atoms with Crippen LogP contribution in [0.15, 0.2) is 58.1 Å². The predicted octanol–water partition coefficient (Wildman–Crippen LogP) is 3.41. The van der Waals surface area contributed by atoms with Crippen molar-refractivity contribution in [3.8, 4) is 0 Å². The number of hydrogen-bond acceptors (Lipinski definition) is 4. The lowest BCUT2D eigenvalue weighted by atomic mass is 10.1. The van der Waals surface area contributed by atoms with Gasteiger partial charge in [-0.15, -0.1) is 0 Å². The van der Waals surface area contributed by atoms with E-state index in [1.807, 2.05) is 24.3 Å². The van der Waals surface area contributed by atoms with Crippen molar-refractivity contribution in [2.45, 2.75) is 6.92 Å². The number of hydrazone groups is 1. The van der Waals surface area contributed by atoms with Crippen molar-refractivity contribution in [1.82, 2.24) is 5.43 Å². The van der Waals surface area contributed by atoms with Gasteiger partial charge in [0.1, 0.15) is 6.54 Å². The molecule has 0 bridgehead atoms. The lowest BCUT2D eigenvalue weighted by Gasteiger charge is -2.21. The van der Waals surface area contributed by atoms with Gasteiger partial charge in [0.25, 0.3) is 5.91 Å². The molecule has 26 heavy (non-hydrogen) atoms. The van der Waals surface area contributed by atoms with Crippen molar-refractivity contribution in [2.24, 2.45) is 5.10 Å². The van der Waals surface area contributed by atoms with Gasteiger partial charge in [-0.2, -0.15) is 5.10 Å². The molecule has 0 heterocycles. The minimum absolute atomic E-state index is 0.308. The maximum atomic E-state index is 12.2. The first-order valence-electron chi connectivity index (χ1n) is 7.49. The van der Waals surface area contributed by atoms with Crippen LogP contribution in [-0.4, -0.2) is 32.8 Å². The van der Waals surface area contributed by atoms with Crippen LogP contribution in [-0.2, 0) is 14.8 Å². The van der Waals surface area contributed by atoms with E-state index >= 15 is 0 Å². The Kier molecular flexibility index (Phi) is 6.80. The van der Waals surface area contributed by atoms with Gasteiger partial charge in [0.05, 0.1) is 17.7 Å². The third-order valence-electron chi connectivity index (χ3n) is 3.37. The first kappa shape index (κ1) is 20.4. The summed E-state index contributed by atoms with van der Waals surface area (Å²) in [5.41, 5.74) is 4.11. The minimum Gasteiger partial charge on any atom is -0.271 e. The number of anilines is 1. The van der Waals surface area contributed by atoms with Crippen LogP contribution in [0.3, 0.4) is 0 Å². The Morgan fingerprint density at radius 2 is 1.92 bits per heavy atom. The zero-order chi connectivity index (χ0) is 19.3. The molecule has 0 aliphatic heterocycles. The van der Waals surface area contributed by atoms with Crippen LogP contribution in [0.4, 0.5) is 5.69 Å². The van der Waals surface area contributed by atoms with Gasteiger partial charge in [-0.3, -0.25) is 9.10 Å². The van der Waals surface area contributed by atoms with E-state index in [0.29, 0.717) is 16.4 Å². The van der Waals surface area contributed by atoms with Crippen LogP contribution >= 0.6 is 27.5 Å². The molecule has 0 fully saturated rings. The highest BCUT2D eigenvalue weighted by atomic mass is 79.9. The lowest BCUT2D eigenvalue weighted by molar-refractivity contribution is -0.119. The topological polar surface area (TPSA) is 78.8 Å². The van der Waals surface area contributed by atoms with E-state index in [2.05, 4.69) is 26.5 Å². The van der Waals surface area contributed by atoms with Crippen molar-refractivity contribution in [3.63, 3.8) is 0 Å². The molecule has 0 aliphatic rings. The molecule has 6 nitrogen and oxygen atoms in total. The molecule has 138 valence electrons. The molecule has 0 atom stereocenters. The van der Waals surface area contributed by atoms with Crippen LogP contribution in [0.25, 0.3) is 0 Å². The second kappa shape index (κ2) is 8.66. The van der Waals surface area contributed by atoms with Crippen molar-refractivity contribution in [2.75, 3.05) is 17.1 Å². The van der Waals surface area contributed by atoms with Gasteiger partial charge in [0.2, 0.25) is 10.0 Å². The summed E-state index contributed by atoms with van der Waals surface area (Å²) in [7, 11) is -3.67. The van der Waals surface area contributed by atoms with Gasteiger partial charge >= 0.3 is 0 Å². The zero-order valence-electron chi connectivity index (χ0n) is 14.1. The van der Waals surface area contributed by atoms with Gasteiger partial charge in [-0.25, -0.2) is 13.8 Å². The average molecular weight is 459 g/mol. The lowest BCUT2D eigenvalue weighted by Crippen LogP contribution is -2.39. The van der Waals surface area contributed by atoms with Gasteiger partial charge in [0, 0.05) is 9.50 Å². The molecule has 0 aromatic heterocycles. The second-order valence-electron chi connectivity index (χ2n) is 5.49. The number of carbonyl (C=O) groups is 1. The summed E-state index contributed by atoms with van der Waals surface area (Å²) in [6.45, 7) is 1.34. The molecular weight excluding hydrogens is 442 g/mol. The molecule has 1 N–H and O–H groups in total. The van der Waals surface area contributed by atoms with Crippen molar-refractivity contribution in [3.05, 3.63) is 63.6 Å². The van der Waals surface area contributed by atoms with Gasteiger partial charge in [0.15, 0.2) is 0 Å². The molecule has 1 amide bonds. The van der Waals surface area contributed by atoms with E-state index in [-0.39, 0.29) is 0 Å². The van der Waals surface area contributed by atoms with Crippen LogP contribution in [0.2, 0.25) is 5.02 Å². The molecule has 0 aliphatic carbocycles. The highest BCUT2D eigenvalue weighted by molar-refractivity contribution is 9.10. The molecule has 2 aromatic rings. The smallest absolute Gasteiger partial charge is 0.260 e. The number of carbonyl (C=O) groups excluding carboxylic acids is 1. The van der Waals surface area contributed by atoms with E-state index < -0.39 is 22.5 Å². The third kappa shape index (κ3) is 5.82. The molecule has 2 rings (SSSR count). The summed E-state index contributed by atoms with van der Waals surface area (Å²) in [5.74, 6) is -0.565. The minimum atomic E-state index is -3.67. The summed E-state index contributed by atoms with van der Waals surface area (Å²) in [6, 6.07) is 13.7. The maximum absolute atomic E-state index is 12.2. The fourth-order valence-electron chi connectivity index (χ4n) is 2.12. The predicted molar refractivity (Wildman–Crippen MR) is 108 cm³/mol. The molecule has 0 spiro atoms. The number of nitrogens with zero attached hydrogens (tertiary/aromatic N) is 2. The first-order valence-corrected chi connectivity index (χ1v) is 10.5. The maximum Gasteiger partial charge on any atom is 0.260 e. The number of rotatable bonds is 6. The van der Waals surface area contributed by atoms with Crippen molar-refractivity contribution in [1.29, 1.82) is 0 Å². The van der Waals surface area contributed by atoms with Crippen LogP contribution in [0.1, 0.15) is 12.5 Å². The molecule has 0 unspecified atom stereocenters. The average Bonchev–Trinajstić information content (AvgIpc) is 2.56. The fraction of sp³-hybridized carbons (Fsp3) is 0.176. The summed E-state index contributed by atoms with van der Waals surface area (Å²) in [6.07, 6.45) is 1.02. The molecular formula is C17H17BrClN3O3S. The highest BCUT2D eigenvalue weighted by Gasteiger charge is 2.21. The number of amides is 1. The van der Waals surface area contributed by atoms with E-state index in [1.165, 1.54) is 6.07 Å². The van der Waals surface area contributed by atoms with Gasteiger partial charge in [-0.1, -0.05) is 45.7 Å². The van der Waals surface area contributed by atoms with Crippen LogP contribution in [0, 0.1) is 0 Å². The van der Waals surface area contributed by atoms with Crippen LogP contribution < -0.4 is 9.73 Å². The quantitative estimate of drug-likeness (QED) is 0.532. The Balaban J connectivity index is 2.14. The number of benzene rings is 2. The molecule has 9 heteroatoms. The second-order valence-corrected chi connectivity index (χ2v) is 8.75.